The molecule has 6 heteroatoms. The van der Waals surface area contributed by atoms with E-state index in [9.17, 15) is 14.4 Å². The molecule has 0 fully saturated rings. The molecule has 0 bridgehead atoms. The molecule has 0 aromatic carbocycles. The predicted molar refractivity (Wildman–Crippen MR) is 256 cm³/mol. The van der Waals surface area contributed by atoms with Crippen molar-refractivity contribution in [3.63, 3.8) is 0 Å². The van der Waals surface area contributed by atoms with Gasteiger partial charge in [-0.1, -0.05) is 201 Å². The lowest BCUT2D eigenvalue weighted by atomic mass is 10.1. The second-order valence-electron chi connectivity index (χ2n) is 15.4. The smallest absolute Gasteiger partial charge is 0.306 e. The van der Waals surface area contributed by atoms with Crippen molar-refractivity contribution >= 4 is 17.9 Å². The van der Waals surface area contributed by atoms with Crippen molar-refractivity contribution < 1.29 is 28.6 Å². The first-order chi connectivity index (χ1) is 29.5. The highest BCUT2D eigenvalue weighted by molar-refractivity contribution is 5.71. The molecule has 0 radical (unpaired) electrons. The summed E-state index contributed by atoms with van der Waals surface area (Å²) < 4.78 is 16.7. The zero-order chi connectivity index (χ0) is 43.7. The molecule has 1 unspecified atom stereocenters. The molecule has 0 aromatic rings. The van der Waals surface area contributed by atoms with Gasteiger partial charge in [0, 0.05) is 19.3 Å². The van der Waals surface area contributed by atoms with E-state index >= 15 is 0 Å². The zero-order valence-corrected chi connectivity index (χ0v) is 38.4. The second kappa shape index (κ2) is 47.7. The van der Waals surface area contributed by atoms with E-state index < -0.39 is 6.10 Å². The third-order valence-electron chi connectivity index (χ3n) is 9.68. The maximum absolute atomic E-state index is 12.8. The fraction of sp³-hybridized carbons (Fsp3) is 0.611. The van der Waals surface area contributed by atoms with Crippen LogP contribution in [-0.2, 0) is 28.6 Å². The van der Waals surface area contributed by atoms with Gasteiger partial charge in [-0.2, -0.15) is 0 Å². The molecule has 0 aromatic heterocycles. The van der Waals surface area contributed by atoms with Crippen molar-refractivity contribution in [2.45, 2.75) is 200 Å². The van der Waals surface area contributed by atoms with Crippen LogP contribution in [0.15, 0.2) is 109 Å². The van der Waals surface area contributed by atoms with Crippen molar-refractivity contribution in [3.05, 3.63) is 109 Å². The molecule has 0 saturated heterocycles. The van der Waals surface area contributed by atoms with Gasteiger partial charge in [-0.15, -0.1) is 0 Å². The summed E-state index contributed by atoms with van der Waals surface area (Å²) in [4.78, 5) is 37.9. The summed E-state index contributed by atoms with van der Waals surface area (Å²) >= 11 is 0. The fourth-order valence-corrected chi connectivity index (χ4v) is 6.10. The average molecular weight is 831 g/mol. The number of carbonyl (C=O) groups excluding carboxylic acids is 3. The van der Waals surface area contributed by atoms with Gasteiger partial charge in [-0.05, 0) is 83.5 Å². The molecule has 0 spiro atoms. The summed E-state index contributed by atoms with van der Waals surface area (Å²) in [6, 6.07) is 0. The second-order valence-corrected chi connectivity index (χ2v) is 15.4. The Bertz CT molecular complexity index is 1280. The summed E-state index contributed by atoms with van der Waals surface area (Å²) in [7, 11) is 0. The molecule has 0 N–H and O–H groups in total. The molecule has 1 atom stereocenters. The Morgan fingerprint density at radius 1 is 0.350 bits per heavy atom. The monoisotopic (exact) mass is 831 g/mol. The van der Waals surface area contributed by atoms with Gasteiger partial charge < -0.3 is 14.2 Å². The van der Waals surface area contributed by atoms with Crippen LogP contribution in [0.2, 0.25) is 0 Å². The lowest BCUT2D eigenvalue weighted by Crippen LogP contribution is -2.30. The molecule has 6 nitrogen and oxygen atoms in total. The molecule has 338 valence electrons. The first kappa shape index (κ1) is 56.1. The lowest BCUT2D eigenvalue weighted by molar-refractivity contribution is -0.167. The highest BCUT2D eigenvalue weighted by Crippen LogP contribution is 2.12. The summed E-state index contributed by atoms with van der Waals surface area (Å²) in [5.74, 6) is -0.998. The number of allylic oxidation sites excluding steroid dienone is 18. The summed E-state index contributed by atoms with van der Waals surface area (Å²) in [5.41, 5.74) is 0. The van der Waals surface area contributed by atoms with Gasteiger partial charge in [0.15, 0.2) is 6.10 Å². The van der Waals surface area contributed by atoms with Crippen LogP contribution < -0.4 is 0 Å². The van der Waals surface area contributed by atoms with E-state index in [1.54, 1.807) is 0 Å². The minimum Gasteiger partial charge on any atom is -0.462 e. The maximum atomic E-state index is 12.8. The van der Waals surface area contributed by atoms with Crippen LogP contribution in [0.1, 0.15) is 194 Å². The van der Waals surface area contributed by atoms with E-state index in [1.165, 1.54) is 44.9 Å². The highest BCUT2D eigenvalue weighted by Gasteiger charge is 2.19. The quantitative estimate of drug-likeness (QED) is 0.0201. The number of unbranched alkanes of at least 4 members (excludes halogenated alkanes) is 18. The largest absolute Gasteiger partial charge is 0.462 e. The fourth-order valence-electron chi connectivity index (χ4n) is 6.10. The molecule has 0 aliphatic rings. The number of carbonyl (C=O) groups is 3. The molecule has 0 saturated carbocycles. The number of rotatable bonds is 41. The van der Waals surface area contributed by atoms with Crippen molar-refractivity contribution in [2.75, 3.05) is 13.2 Å². The molecule has 0 aliphatic heterocycles. The van der Waals surface area contributed by atoms with E-state index in [4.69, 9.17) is 14.2 Å². The summed E-state index contributed by atoms with van der Waals surface area (Å²) in [6.07, 6.45) is 63.5. The van der Waals surface area contributed by atoms with Crippen LogP contribution >= 0.6 is 0 Å². The van der Waals surface area contributed by atoms with Gasteiger partial charge >= 0.3 is 17.9 Å². The van der Waals surface area contributed by atoms with Gasteiger partial charge in [0.2, 0.25) is 0 Å². The molecule has 60 heavy (non-hydrogen) atoms. The Morgan fingerprint density at radius 2 is 0.667 bits per heavy atom. The van der Waals surface area contributed by atoms with Crippen LogP contribution in [0.3, 0.4) is 0 Å². The van der Waals surface area contributed by atoms with Gasteiger partial charge in [0.05, 0.1) is 0 Å². The Balaban J connectivity index is 4.54. The normalized spacial score (nSPS) is 13.1. The standard InChI is InChI=1S/C54H86O6/c1-4-7-10-13-16-19-22-25-27-30-32-35-38-41-44-47-53(56)59-50-51(49-58-52(55)46-43-40-37-34-31-28-24-21-18-15-12-9-6-3)60-54(57)48-45-42-39-36-33-29-26-23-20-17-14-11-8-5-2/h7,9-10,12-13,15-16,18-19,21-22,24-25,27,29-30,32-33,51H,4-6,8,11,14,17,20,23,26,28,31,34-50H2,1-3H3/b10-7-,12-9-,16-13-,18-15-,22-19-,24-21-,27-25-,32-30-,33-29-. The molecule has 0 rings (SSSR count). The maximum Gasteiger partial charge on any atom is 0.306 e. The summed E-state index contributed by atoms with van der Waals surface area (Å²) in [5, 5.41) is 0. The van der Waals surface area contributed by atoms with Gasteiger partial charge in [-0.25, -0.2) is 0 Å². The Morgan fingerprint density at radius 3 is 1.08 bits per heavy atom. The van der Waals surface area contributed by atoms with E-state index in [1.807, 2.05) is 54.7 Å². The van der Waals surface area contributed by atoms with Crippen molar-refractivity contribution in [3.8, 4) is 0 Å². The van der Waals surface area contributed by atoms with Crippen LogP contribution in [0.25, 0.3) is 0 Å². The first-order valence-corrected chi connectivity index (χ1v) is 24.0. The molecular weight excluding hydrogens is 745 g/mol. The Hall–Kier alpha value is -3.93. The van der Waals surface area contributed by atoms with Crippen LogP contribution in [0.5, 0.6) is 0 Å². The molecule has 0 heterocycles. The molecule has 0 aliphatic carbocycles. The van der Waals surface area contributed by atoms with Gasteiger partial charge in [0.1, 0.15) is 13.2 Å². The van der Waals surface area contributed by atoms with Gasteiger partial charge in [0.25, 0.3) is 0 Å². The minimum atomic E-state index is -0.813. The van der Waals surface area contributed by atoms with Crippen LogP contribution in [-0.4, -0.2) is 37.2 Å². The first-order valence-electron chi connectivity index (χ1n) is 24.0. The summed E-state index contributed by atoms with van der Waals surface area (Å²) in [6.45, 7) is 6.26. The topological polar surface area (TPSA) is 78.9 Å². The van der Waals surface area contributed by atoms with Crippen molar-refractivity contribution in [1.82, 2.24) is 0 Å². The van der Waals surface area contributed by atoms with E-state index in [-0.39, 0.29) is 37.5 Å². The highest BCUT2D eigenvalue weighted by atomic mass is 16.6. The number of ether oxygens (including phenoxy) is 3. The average Bonchev–Trinajstić information content (AvgIpc) is 3.24. The minimum absolute atomic E-state index is 0.111. The number of hydrogen-bond acceptors (Lipinski definition) is 6. The van der Waals surface area contributed by atoms with Crippen molar-refractivity contribution in [2.24, 2.45) is 0 Å². The van der Waals surface area contributed by atoms with Gasteiger partial charge in [-0.3, -0.25) is 14.4 Å². The number of hydrogen-bond donors (Lipinski definition) is 0. The van der Waals surface area contributed by atoms with E-state index in [2.05, 4.69) is 75.5 Å². The number of esters is 3. The van der Waals surface area contributed by atoms with Crippen LogP contribution in [0, 0.1) is 0 Å². The van der Waals surface area contributed by atoms with Crippen molar-refractivity contribution in [1.29, 1.82) is 0 Å². The zero-order valence-electron chi connectivity index (χ0n) is 38.4. The Kier molecular flexibility index (Phi) is 44.6. The SMILES string of the molecule is CC\C=C/C=C\C=C/C=C\C=C/CCCCCC(=O)OCC(COC(=O)CCCCCCC\C=C/C=C\C=C/CC)OC(=O)CCCCC/C=C\CCCCCCCCC. The predicted octanol–water partition coefficient (Wildman–Crippen LogP) is 15.6. The van der Waals surface area contributed by atoms with E-state index in [0.717, 1.165) is 109 Å². The molecule has 0 amide bonds. The Labute approximate surface area is 368 Å². The third kappa shape index (κ3) is 45.2. The molecular formula is C54H86O6. The third-order valence-corrected chi connectivity index (χ3v) is 9.68. The van der Waals surface area contributed by atoms with E-state index in [0.29, 0.717) is 12.8 Å². The van der Waals surface area contributed by atoms with Crippen LogP contribution in [0.4, 0.5) is 0 Å². The lowest BCUT2D eigenvalue weighted by Gasteiger charge is -2.18.